The van der Waals surface area contributed by atoms with Crippen molar-refractivity contribution in [3.63, 3.8) is 0 Å². The molecule has 0 fully saturated rings. The number of thioether (sulfide) groups is 1. The first kappa shape index (κ1) is 19.8. The third kappa shape index (κ3) is 5.49. The summed E-state index contributed by atoms with van der Waals surface area (Å²) in [5.74, 6) is 1.57. The Morgan fingerprint density at radius 2 is 1.80 bits per heavy atom. The predicted molar refractivity (Wildman–Crippen MR) is 104 cm³/mol. The monoisotopic (exact) mass is 379 g/mol. The van der Waals surface area contributed by atoms with Crippen LogP contribution in [-0.2, 0) is 10.0 Å². The molecule has 1 N–H and O–H groups in total. The van der Waals surface area contributed by atoms with Gasteiger partial charge in [0.15, 0.2) is 0 Å². The lowest BCUT2D eigenvalue weighted by Crippen LogP contribution is -2.26. The van der Waals surface area contributed by atoms with Crippen molar-refractivity contribution in [2.75, 3.05) is 19.4 Å². The van der Waals surface area contributed by atoms with Crippen LogP contribution >= 0.6 is 11.8 Å². The van der Waals surface area contributed by atoms with Crippen LogP contribution in [-0.4, -0.2) is 27.8 Å². The van der Waals surface area contributed by atoms with Crippen LogP contribution in [0.25, 0.3) is 0 Å². The van der Waals surface area contributed by atoms with Gasteiger partial charge in [0.2, 0.25) is 10.0 Å². The highest BCUT2D eigenvalue weighted by Gasteiger charge is 2.17. The molecule has 2 aromatic rings. The Bertz CT molecular complexity index is 800. The molecule has 4 nitrogen and oxygen atoms in total. The van der Waals surface area contributed by atoms with Crippen molar-refractivity contribution < 1.29 is 13.2 Å². The molecule has 6 heteroatoms. The molecule has 0 spiro atoms. The molecule has 2 aromatic carbocycles. The summed E-state index contributed by atoms with van der Waals surface area (Å²) in [7, 11) is -1.93. The van der Waals surface area contributed by atoms with Crippen LogP contribution in [0.4, 0.5) is 0 Å². The Kier molecular flexibility index (Phi) is 6.93. The first-order valence-electron chi connectivity index (χ1n) is 8.20. The third-order valence-electron chi connectivity index (χ3n) is 3.82. The van der Waals surface area contributed by atoms with E-state index in [9.17, 15) is 8.42 Å². The van der Waals surface area contributed by atoms with Crippen LogP contribution in [0.1, 0.15) is 30.9 Å². The highest BCUT2D eigenvalue weighted by molar-refractivity contribution is 7.99. The van der Waals surface area contributed by atoms with E-state index in [4.69, 9.17) is 4.74 Å². The summed E-state index contributed by atoms with van der Waals surface area (Å²) in [6.45, 7) is 6.45. The molecular formula is C19H25NO3S2. The highest BCUT2D eigenvalue weighted by atomic mass is 32.2. The zero-order valence-electron chi connectivity index (χ0n) is 15.1. The first-order chi connectivity index (χ1) is 11.8. The second-order valence-corrected chi connectivity index (χ2v) is 9.05. The van der Waals surface area contributed by atoms with E-state index in [-0.39, 0.29) is 10.8 Å². The van der Waals surface area contributed by atoms with Gasteiger partial charge in [0.1, 0.15) is 5.75 Å². The molecule has 0 radical (unpaired) electrons. The molecule has 0 amide bonds. The Morgan fingerprint density at radius 3 is 2.40 bits per heavy atom. The average Bonchev–Trinajstić information content (AvgIpc) is 2.59. The van der Waals surface area contributed by atoms with Gasteiger partial charge in [-0.25, -0.2) is 13.1 Å². The molecule has 0 saturated heterocycles. The lowest BCUT2D eigenvalue weighted by atomic mass is 10.0. The molecule has 0 atom stereocenters. The van der Waals surface area contributed by atoms with E-state index in [0.29, 0.717) is 18.0 Å². The summed E-state index contributed by atoms with van der Waals surface area (Å²) in [5.41, 5.74) is 2.10. The molecule has 0 aliphatic carbocycles. The minimum atomic E-state index is -3.52. The summed E-state index contributed by atoms with van der Waals surface area (Å²) in [6, 6.07) is 13.2. The molecule has 0 aliphatic heterocycles. The maximum absolute atomic E-state index is 12.5. The highest BCUT2D eigenvalue weighted by Crippen LogP contribution is 2.28. The summed E-state index contributed by atoms with van der Waals surface area (Å²) in [4.78, 5) is 1.41. The fourth-order valence-corrected chi connectivity index (χ4v) is 4.36. The number of aryl methyl sites for hydroxylation is 1. The van der Waals surface area contributed by atoms with Crippen molar-refractivity contribution in [2.24, 2.45) is 0 Å². The lowest BCUT2D eigenvalue weighted by molar-refractivity contribution is 0.407. The molecule has 136 valence electrons. The summed E-state index contributed by atoms with van der Waals surface area (Å²) in [6.07, 6.45) is 0. The molecule has 2 rings (SSSR count). The van der Waals surface area contributed by atoms with Crippen molar-refractivity contribution in [2.45, 2.75) is 36.5 Å². The number of sulfonamides is 1. The van der Waals surface area contributed by atoms with Crippen molar-refractivity contribution in [1.29, 1.82) is 0 Å². The predicted octanol–water partition coefficient (Wildman–Crippen LogP) is 4.20. The van der Waals surface area contributed by atoms with Gasteiger partial charge in [-0.15, -0.1) is 11.8 Å². The van der Waals surface area contributed by atoms with Gasteiger partial charge in [-0.3, -0.25) is 0 Å². The van der Waals surface area contributed by atoms with Gasteiger partial charge in [0.05, 0.1) is 12.0 Å². The van der Waals surface area contributed by atoms with Crippen LogP contribution in [0.5, 0.6) is 5.75 Å². The Balaban J connectivity index is 1.99. The molecule has 25 heavy (non-hydrogen) atoms. The fraction of sp³-hybridized carbons (Fsp3) is 0.368. The smallest absolute Gasteiger partial charge is 0.240 e. The van der Waals surface area contributed by atoms with Gasteiger partial charge in [-0.05, 0) is 48.7 Å². The molecule has 0 heterocycles. The van der Waals surface area contributed by atoms with E-state index >= 15 is 0 Å². The van der Waals surface area contributed by atoms with Crippen LogP contribution in [0.15, 0.2) is 52.3 Å². The van der Waals surface area contributed by atoms with Crippen molar-refractivity contribution >= 4 is 21.8 Å². The standard InChI is InChI=1S/C19H25NO3S2/c1-14(2)18-13-17(9-10-19(18)23-4)25(21,22)20-11-12-24-16-7-5-15(3)6-8-16/h5-10,13-14,20H,11-12H2,1-4H3. The number of benzene rings is 2. The van der Waals surface area contributed by atoms with E-state index in [1.165, 1.54) is 5.56 Å². The largest absolute Gasteiger partial charge is 0.496 e. The van der Waals surface area contributed by atoms with Crippen LogP contribution in [0.3, 0.4) is 0 Å². The lowest BCUT2D eigenvalue weighted by Gasteiger charge is -2.14. The van der Waals surface area contributed by atoms with E-state index in [2.05, 4.69) is 16.9 Å². The minimum absolute atomic E-state index is 0.183. The van der Waals surface area contributed by atoms with E-state index in [1.807, 2.05) is 32.9 Å². The summed E-state index contributed by atoms with van der Waals surface area (Å²) < 4.78 is 33.0. The molecule has 0 bridgehead atoms. The Morgan fingerprint density at radius 1 is 1.12 bits per heavy atom. The zero-order chi connectivity index (χ0) is 18.4. The summed E-state index contributed by atoms with van der Waals surface area (Å²) >= 11 is 1.63. The van der Waals surface area contributed by atoms with Gasteiger partial charge in [-0.1, -0.05) is 31.5 Å². The second kappa shape index (κ2) is 8.74. The van der Waals surface area contributed by atoms with Gasteiger partial charge >= 0.3 is 0 Å². The van der Waals surface area contributed by atoms with Gasteiger partial charge in [0, 0.05) is 17.2 Å². The fourth-order valence-electron chi connectivity index (χ4n) is 2.39. The molecule has 0 aliphatic rings. The maximum Gasteiger partial charge on any atom is 0.240 e. The Hall–Kier alpha value is -1.50. The molecule has 0 saturated carbocycles. The Labute approximate surface area is 155 Å². The number of methoxy groups -OCH3 is 1. The van der Waals surface area contributed by atoms with E-state index in [1.54, 1.807) is 37.1 Å². The molecule has 0 unspecified atom stereocenters. The van der Waals surface area contributed by atoms with Crippen molar-refractivity contribution in [3.8, 4) is 5.75 Å². The SMILES string of the molecule is COc1ccc(S(=O)(=O)NCCSc2ccc(C)cc2)cc1C(C)C. The third-order valence-corrected chi connectivity index (χ3v) is 6.29. The minimum Gasteiger partial charge on any atom is -0.496 e. The van der Waals surface area contributed by atoms with Crippen LogP contribution in [0.2, 0.25) is 0 Å². The topological polar surface area (TPSA) is 55.4 Å². The van der Waals surface area contributed by atoms with Crippen molar-refractivity contribution in [1.82, 2.24) is 4.72 Å². The second-order valence-electron chi connectivity index (χ2n) is 6.12. The number of hydrogen-bond acceptors (Lipinski definition) is 4. The number of ether oxygens (including phenoxy) is 1. The number of hydrogen-bond donors (Lipinski definition) is 1. The van der Waals surface area contributed by atoms with Crippen LogP contribution in [0, 0.1) is 6.92 Å². The van der Waals surface area contributed by atoms with Gasteiger partial charge in [-0.2, -0.15) is 0 Å². The van der Waals surface area contributed by atoms with E-state index in [0.717, 1.165) is 10.5 Å². The first-order valence-corrected chi connectivity index (χ1v) is 10.7. The number of rotatable bonds is 8. The average molecular weight is 380 g/mol. The van der Waals surface area contributed by atoms with Gasteiger partial charge < -0.3 is 4.74 Å². The van der Waals surface area contributed by atoms with Crippen LogP contribution < -0.4 is 9.46 Å². The number of nitrogens with one attached hydrogen (secondary N) is 1. The molecule has 0 aromatic heterocycles. The quantitative estimate of drug-likeness (QED) is 0.552. The normalized spacial score (nSPS) is 11.7. The van der Waals surface area contributed by atoms with Crippen molar-refractivity contribution in [3.05, 3.63) is 53.6 Å². The van der Waals surface area contributed by atoms with E-state index < -0.39 is 10.0 Å². The molecular weight excluding hydrogens is 354 g/mol. The van der Waals surface area contributed by atoms with Gasteiger partial charge in [0.25, 0.3) is 0 Å². The maximum atomic E-state index is 12.5. The zero-order valence-corrected chi connectivity index (χ0v) is 16.7. The summed E-state index contributed by atoms with van der Waals surface area (Å²) in [5, 5.41) is 0.